The molecule has 1 heterocycles. The number of hydrogen-bond acceptors (Lipinski definition) is 4. The molecule has 0 bridgehead atoms. The third-order valence-electron chi connectivity index (χ3n) is 3.37. The van der Waals surface area contributed by atoms with Crippen molar-refractivity contribution < 1.29 is 14.3 Å². The second-order valence-electron chi connectivity index (χ2n) is 5.16. The number of carbonyl (C=O) groups is 2. The first-order chi connectivity index (χ1) is 10.1. The first kappa shape index (κ1) is 15.3. The first-order valence-electron chi connectivity index (χ1n) is 7.01. The molecule has 0 spiro atoms. The Bertz CT molecular complexity index is 509. The van der Waals surface area contributed by atoms with E-state index >= 15 is 0 Å². The molecule has 2 rings (SSSR count). The van der Waals surface area contributed by atoms with E-state index in [1.165, 1.54) is 0 Å². The minimum atomic E-state index is -0.355. The normalized spacial score (nSPS) is 18.0. The fourth-order valence-electron chi connectivity index (χ4n) is 2.12. The van der Waals surface area contributed by atoms with Gasteiger partial charge in [0.15, 0.2) is 0 Å². The predicted molar refractivity (Wildman–Crippen MR) is 79.1 cm³/mol. The van der Waals surface area contributed by atoms with Crippen molar-refractivity contribution in [1.29, 1.82) is 0 Å². The highest BCUT2D eigenvalue weighted by molar-refractivity contribution is 5.86. The van der Waals surface area contributed by atoms with Crippen LogP contribution in [-0.2, 0) is 9.59 Å². The number of benzene rings is 1. The Morgan fingerprint density at radius 2 is 2.29 bits per heavy atom. The number of rotatable bonds is 5. The minimum Gasteiger partial charge on any atom is -0.492 e. The fraction of sp³-hybridized carbons (Fsp3) is 0.467. The molecule has 2 amide bonds. The summed E-state index contributed by atoms with van der Waals surface area (Å²) in [5, 5.41) is 5.60. The zero-order valence-corrected chi connectivity index (χ0v) is 12.4. The molecule has 6 heteroatoms. The van der Waals surface area contributed by atoms with Crippen molar-refractivity contribution in [3.8, 4) is 5.75 Å². The third-order valence-corrected chi connectivity index (χ3v) is 3.37. The van der Waals surface area contributed by atoms with E-state index in [4.69, 9.17) is 4.74 Å². The van der Waals surface area contributed by atoms with Crippen molar-refractivity contribution in [3.05, 3.63) is 29.8 Å². The summed E-state index contributed by atoms with van der Waals surface area (Å²) in [7, 11) is 1.74. The molecule has 1 saturated heterocycles. The Morgan fingerprint density at radius 1 is 1.48 bits per heavy atom. The fourth-order valence-corrected chi connectivity index (χ4v) is 2.12. The highest BCUT2D eigenvalue weighted by atomic mass is 16.5. The molecule has 0 aliphatic carbocycles. The molecule has 0 radical (unpaired) electrons. The second kappa shape index (κ2) is 7.08. The SMILES string of the molecule is Cc1cccc(OCCN(C)C(=O)C2CNC(=O)CN2)c1. The van der Waals surface area contributed by atoms with Gasteiger partial charge in [-0.25, -0.2) is 0 Å². The number of likely N-dealkylation sites (N-methyl/N-ethyl adjacent to an activating group) is 1. The van der Waals surface area contributed by atoms with E-state index < -0.39 is 0 Å². The molecule has 114 valence electrons. The van der Waals surface area contributed by atoms with E-state index in [1.54, 1.807) is 11.9 Å². The van der Waals surface area contributed by atoms with Crippen LogP contribution in [0.15, 0.2) is 24.3 Å². The Hall–Kier alpha value is -2.08. The standard InChI is InChI=1S/C15H21N3O3/c1-11-4-3-5-12(8-11)21-7-6-18(2)15(20)13-9-17-14(19)10-16-13/h3-5,8,13,16H,6-7,9-10H2,1-2H3,(H,17,19). The van der Waals surface area contributed by atoms with Crippen LogP contribution < -0.4 is 15.4 Å². The molecule has 6 nitrogen and oxygen atoms in total. The van der Waals surface area contributed by atoms with Crippen LogP contribution in [0.3, 0.4) is 0 Å². The monoisotopic (exact) mass is 291 g/mol. The van der Waals surface area contributed by atoms with Crippen LogP contribution >= 0.6 is 0 Å². The number of aryl methyl sites for hydroxylation is 1. The average molecular weight is 291 g/mol. The summed E-state index contributed by atoms with van der Waals surface area (Å²) in [5.41, 5.74) is 1.14. The van der Waals surface area contributed by atoms with Crippen molar-refractivity contribution in [1.82, 2.24) is 15.5 Å². The summed E-state index contributed by atoms with van der Waals surface area (Å²) in [4.78, 5) is 24.8. The van der Waals surface area contributed by atoms with Crippen molar-refractivity contribution in [2.24, 2.45) is 0 Å². The van der Waals surface area contributed by atoms with Gasteiger partial charge in [0.25, 0.3) is 0 Å². The van der Waals surface area contributed by atoms with Gasteiger partial charge in [-0.2, -0.15) is 0 Å². The van der Waals surface area contributed by atoms with Crippen molar-refractivity contribution in [2.75, 3.05) is 33.3 Å². The van der Waals surface area contributed by atoms with E-state index in [1.807, 2.05) is 31.2 Å². The van der Waals surface area contributed by atoms with Crippen LogP contribution in [0.4, 0.5) is 0 Å². The maximum atomic E-state index is 12.2. The number of hydrogen-bond donors (Lipinski definition) is 2. The van der Waals surface area contributed by atoms with Gasteiger partial charge in [-0.15, -0.1) is 0 Å². The van der Waals surface area contributed by atoms with Gasteiger partial charge in [-0.3, -0.25) is 14.9 Å². The quantitative estimate of drug-likeness (QED) is 0.796. The van der Waals surface area contributed by atoms with Crippen LogP contribution in [-0.4, -0.2) is 56.0 Å². The number of nitrogens with zero attached hydrogens (tertiary/aromatic N) is 1. The van der Waals surface area contributed by atoms with Crippen molar-refractivity contribution >= 4 is 11.8 Å². The molecule has 1 aromatic rings. The topological polar surface area (TPSA) is 70.7 Å². The highest BCUT2D eigenvalue weighted by Gasteiger charge is 2.26. The van der Waals surface area contributed by atoms with Gasteiger partial charge in [0.1, 0.15) is 18.4 Å². The molecular formula is C15H21N3O3. The highest BCUT2D eigenvalue weighted by Crippen LogP contribution is 2.12. The predicted octanol–water partition coefficient (Wildman–Crippen LogP) is -0.0798. The van der Waals surface area contributed by atoms with Gasteiger partial charge in [-0.1, -0.05) is 12.1 Å². The summed E-state index contributed by atoms with van der Waals surface area (Å²) >= 11 is 0. The van der Waals surface area contributed by atoms with Gasteiger partial charge in [0, 0.05) is 13.6 Å². The maximum absolute atomic E-state index is 12.2. The molecular weight excluding hydrogens is 270 g/mol. The van der Waals surface area contributed by atoms with Crippen molar-refractivity contribution in [3.63, 3.8) is 0 Å². The van der Waals surface area contributed by atoms with E-state index in [9.17, 15) is 9.59 Å². The largest absolute Gasteiger partial charge is 0.492 e. The molecule has 1 aromatic carbocycles. The van der Waals surface area contributed by atoms with Gasteiger partial charge in [0.2, 0.25) is 11.8 Å². The number of piperazine rings is 1. The van der Waals surface area contributed by atoms with Crippen LogP contribution in [0.1, 0.15) is 5.56 Å². The lowest BCUT2D eigenvalue weighted by molar-refractivity contribution is -0.134. The molecule has 1 atom stereocenters. The molecule has 2 N–H and O–H groups in total. The van der Waals surface area contributed by atoms with Gasteiger partial charge in [-0.05, 0) is 24.6 Å². The number of nitrogens with one attached hydrogen (secondary N) is 2. The Balaban J connectivity index is 1.75. The van der Waals surface area contributed by atoms with Crippen LogP contribution in [0.25, 0.3) is 0 Å². The lowest BCUT2D eigenvalue weighted by Crippen LogP contribution is -2.58. The summed E-state index contributed by atoms with van der Waals surface area (Å²) in [6.45, 7) is 3.46. The third kappa shape index (κ3) is 4.46. The molecule has 0 saturated carbocycles. The Labute approximate surface area is 124 Å². The zero-order valence-electron chi connectivity index (χ0n) is 12.4. The van der Waals surface area contributed by atoms with E-state index in [2.05, 4.69) is 10.6 Å². The summed E-state index contributed by atoms with van der Waals surface area (Å²) in [5.74, 6) is 0.686. The van der Waals surface area contributed by atoms with Gasteiger partial charge >= 0.3 is 0 Å². The Kier molecular flexibility index (Phi) is 5.16. The van der Waals surface area contributed by atoms with E-state index in [0.717, 1.165) is 11.3 Å². The Morgan fingerprint density at radius 3 is 2.95 bits per heavy atom. The van der Waals surface area contributed by atoms with E-state index in [0.29, 0.717) is 19.7 Å². The lowest BCUT2D eigenvalue weighted by atomic mass is 10.2. The average Bonchev–Trinajstić information content (AvgIpc) is 2.47. The number of amides is 2. The van der Waals surface area contributed by atoms with Gasteiger partial charge < -0.3 is 15.0 Å². The molecule has 1 fully saturated rings. The molecule has 0 aromatic heterocycles. The molecule has 1 aliphatic rings. The first-order valence-corrected chi connectivity index (χ1v) is 7.01. The minimum absolute atomic E-state index is 0.0390. The van der Waals surface area contributed by atoms with Crippen LogP contribution in [0.5, 0.6) is 5.75 Å². The van der Waals surface area contributed by atoms with Gasteiger partial charge in [0.05, 0.1) is 13.1 Å². The summed E-state index contributed by atoms with van der Waals surface area (Å²) in [6, 6.07) is 7.44. The summed E-state index contributed by atoms with van der Waals surface area (Å²) < 4.78 is 5.63. The summed E-state index contributed by atoms with van der Waals surface area (Å²) in [6.07, 6.45) is 0. The van der Waals surface area contributed by atoms with Crippen LogP contribution in [0.2, 0.25) is 0 Å². The van der Waals surface area contributed by atoms with Crippen LogP contribution in [0, 0.1) is 6.92 Å². The maximum Gasteiger partial charge on any atom is 0.241 e. The molecule has 1 aliphatic heterocycles. The zero-order chi connectivity index (χ0) is 15.2. The van der Waals surface area contributed by atoms with E-state index in [-0.39, 0.29) is 24.4 Å². The van der Waals surface area contributed by atoms with Crippen molar-refractivity contribution in [2.45, 2.75) is 13.0 Å². The lowest BCUT2D eigenvalue weighted by Gasteiger charge is -2.27. The second-order valence-corrected chi connectivity index (χ2v) is 5.16. The smallest absolute Gasteiger partial charge is 0.241 e. The number of carbonyl (C=O) groups excluding carboxylic acids is 2. The number of ether oxygens (including phenoxy) is 1. The molecule has 21 heavy (non-hydrogen) atoms. The molecule has 1 unspecified atom stereocenters.